The maximum absolute atomic E-state index is 12.1. The maximum atomic E-state index is 12.1. The van der Waals surface area contributed by atoms with Gasteiger partial charge in [-0.05, 0) is 19.4 Å². The zero-order valence-electron chi connectivity index (χ0n) is 11.7. The summed E-state index contributed by atoms with van der Waals surface area (Å²) < 4.78 is 5.48. The molecule has 2 fully saturated rings. The smallest absolute Gasteiger partial charge is 0.237 e. The summed E-state index contributed by atoms with van der Waals surface area (Å²) in [4.78, 5) is 12.1. The fraction of sp³-hybridized carbons (Fsp3) is 0.923. The van der Waals surface area contributed by atoms with E-state index in [4.69, 9.17) is 4.74 Å². The lowest BCUT2D eigenvalue weighted by atomic mass is 9.58. The molecule has 5 heteroatoms. The molecule has 1 saturated carbocycles. The number of rotatable bonds is 3. The lowest BCUT2D eigenvalue weighted by Gasteiger charge is -2.56. The highest BCUT2D eigenvalue weighted by Crippen LogP contribution is 2.46. The van der Waals surface area contributed by atoms with Crippen molar-refractivity contribution >= 4 is 18.3 Å². The molecule has 4 atom stereocenters. The minimum absolute atomic E-state index is 0. The van der Waals surface area contributed by atoms with Crippen LogP contribution in [0.2, 0.25) is 0 Å². The molecule has 4 unspecified atom stereocenters. The van der Waals surface area contributed by atoms with Crippen molar-refractivity contribution in [3.63, 3.8) is 0 Å². The summed E-state index contributed by atoms with van der Waals surface area (Å²) in [5.41, 5.74) is 0.0302. The Bertz CT molecular complexity index is 303. The Labute approximate surface area is 116 Å². The maximum Gasteiger partial charge on any atom is 0.237 e. The molecule has 0 aromatic heterocycles. The minimum Gasteiger partial charge on any atom is -0.380 e. The van der Waals surface area contributed by atoms with Gasteiger partial charge in [0.15, 0.2) is 0 Å². The van der Waals surface area contributed by atoms with Gasteiger partial charge in [0.2, 0.25) is 5.91 Å². The summed E-state index contributed by atoms with van der Waals surface area (Å²) >= 11 is 0. The van der Waals surface area contributed by atoms with Crippen LogP contribution in [0.25, 0.3) is 0 Å². The topological polar surface area (TPSA) is 50.4 Å². The lowest BCUT2D eigenvalue weighted by molar-refractivity contribution is -0.155. The second kappa shape index (κ2) is 5.76. The number of carbonyl (C=O) groups is 1. The van der Waals surface area contributed by atoms with E-state index in [0.717, 1.165) is 19.4 Å². The Morgan fingerprint density at radius 2 is 2.11 bits per heavy atom. The molecule has 1 aliphatic heterocycles. The quantitative estimate of drug-likeness (QED) is 0.818. The molecular formula is C13H25ClN2O2. The van der Waals surface area contributed by atoms with Crippen LogP contribution in [-0.4, -0.2) is 37.7 Å². The van der Waals surface area contributed by atoms with E-state index >= 15 is 0 Å². The van der Waals surface area contributed by atoms with Crippen molar-refractivity contribution in [2.75, 3.05) is 13.7 Å². The summed E-state index contributed by atoms with van der Waals surface area (Å²) in [6.07, 6.45) is 2.30. The Kier molecular flexibility index (Phi) is 5.04. The van der Waals surface area contributed by atoms with Gasteiger partial charge >= 0.3 is 0 Å². The van der Waals surface area contributed by atoms with Crippen LogP contribution >= 0.6 is 12.4 Å². The second-order valence-corrected chi connectivity index (χ2v) is 5.97. The molecule has 0 bridgehead atoms. The van der Waals surface area contributed by atoms with Crippen LogP contribution < -0.4 is 10.6 Å². The van der Waals surface area contributed by atoms with Gasteiger partial charge in [0.25, 0.3) is 0 Å². The first kappa shape index (κ1) is 15.7. The number of halogens is 1. The van der Waals surface area contributed by atoms with Crippen molar-refractivity contribution in [2.45, 2.75) is 51.8 Å². The van der Waals surface area contributed by atoms with Gasteiger partial charge in [-0.3, -0.25) is 4.79 Å². The van der Waals surface area contributed by atoms with Gasteiger partial charge < -0.3 is 15.4 Å². The molecule has 0 radical (unpaired) electrons. The third kappa shape index (κ3) is 2.51. The first-order chi connectivity index (χ1) is 7.98. The van der Waals surface area contributed by atoms with E-state index in [0.29, 0.717) is 5.92 Å². The highest BCUT2D eigenvalue weighted by atomic mass is 35.5. The van der Waals surface area contributed by atoms with Gasteiger partial charge in [-0.25, -0.2) is 0 Å². The molecular weight excluding hydrogens is 252 g/mol. The van der Waals surface area contributed by atoms with Gasteiger partial charge in [-0.15, -0.1) is 12.4 Å². The number of amides is 1. The van der Waals surface area contributed by atoms with Gasteiger partial charge in [0.1, 0.15) is 0 Å². The van der Waals surface area contributed by atoms with Crippen LogP contribution in [0.4, 0.5) is 0 Å². The fourth-order valence-corrected chi connectivity index (χ4v) is 3.59. The van der Waals surface area contributed by atoms with Crippen LogP contribution in [0.15, 0.2) is 0 Å². The number of nitrogens with one attached hydrogen (secondary N) is 2. The Morgan fingerprint density at radius 1 is 1.44 bits per heavy atom. The number of ether oxygens (including phenoxy) is 1. The Morgan fingerprint density at radius 3 is 2.56 bits per heavy atom. The van der Waals surface area contributed by atoms with E-state index in [2.05, 4.69) is 31.4 Å². The van der Waals surface area contributed by atoms with E-state index in [9.17, 15) is 4.79 Å². The van der Waals surface area contributed by atoms with Gasteiger partial charge in [0, 0.05) is 24.5 Å². The van der Waals surface area contributed by atoms with E-state index in [1.165, 1.54) is 0 Å². The zero-order chi connectivity index (χ0) is 12.6. The minimum atomic E-state index is 0. The molecule has 0 aromatic carbocycles. The molecule has 106 valence electrons. The molecule has 2 N–H and O–H groups in total. The molecule has 1 saturated heterocycles. The molecule has 4 nitrogen and oxygen atoms in total. The average molecular weight is 277 g/mol. The summed E-state index contributed by atoms with van der Waals surface area (Å²) in [5, 5.41) is 6.42. The normalized spacial score (nSPS) is 37.6. The molecule has 18 heavy (non-hydrogen) atoms. The number of methoxy groups -OCH3 is 1. The van der Waals surface area contributed by atoms with E-state index in [1.807, 2.05) is 0 Å². The van der Waals surface area contributed by atoms with E-state index in [-0.39, 0.29) is 41.9 Å². The monoisotopic (exact) mass is 276 g/mol. The number of hydrogen-bond acceptors (Lipinski definition) is 3. The highest BCUT2D eigenvalue weighted by Gasteiger charge is 2.55. The van der Waals surface area contributed by atoms with Crippen LogP contribution in [0.5, 0.6) is 0 Å². The zero-order valence-corrected chi connectivity index (χ0v) is 12.5. The number of carbonyl (C=O) groups excluding carboxylic acids is 1. The molecule has 1 aliphatic carbocycles. The van der Waals surface area contributed by atoms with Crippen molar-refractivity contribution in [3.8, 4) is 0 Å². The molecule has 2 aliphatic rings. The standard InChI is InChI=1S/C13H24N2O2.ClH/c1-8-10(13(2,3)11(8)17-4)15-12(16)9-6-5-7-14-9;/h8-11,14H,5-7H2,1-4H3,(H,15,16);1H. The van der Waals surface area contributed by atoms with Gasteiger partial charge in [-0.2, -0.15) is 0 Å². The van der Waals surface area contributed by atoms with Gasteiger partial charge in [-0.1, -0.05) is 20.8 Å². The van der Waals surface area contributed by atoms with Crippen LogP contribution in [0, 0.1) is 11.3 Å². The Hall–Kier alpha value is -0.320. The SMILES string of the molecule is COC1C(C)C(NC(=O)C2CCCN2)C1(C)C.Cl. The average Bonchev–Trinajstić information content (AvgIpc) is 2.79. The van der Waals surface area contributed by atoms with E-state index < -0.39 is 0 Å². The molecule has 0 spiro atoms. The van der Waals surface area contributed by atoms with Crippen molar-refractivity contribution in [2.24, 2.45) is 11.3 Å². The second-order valence-electron chi connectivity index (χ2n) is 5.97. The largest absolute Gasteiger partial charge is 0.380 e. The molecule has 2 rings (SSSR count). The Balaban J connectivity index is 0.00000162. The van der Waals surface area contributed by atoms with E-state index in [1.54, 1.807) is 7.11 Å². The van der Waals surface area contributed by atoms with Crippen molar-refractivity contribution in [1.82, 2.24) is 10.6 Å². The summed E-state index contributed by atoms with van der Waals surface area (Å²) in [6, 6.07) is 0.238. The third-order valence-electron chi connectivity index (χ3n) is 4.47. The third-order valence-corrected chi connectivity index (χ3v) is 4.47. The van der Waals surface area contributed by atoms with Gasteiger partial charge in [0.05, 0.1) is 12.1 Å². The van der Waals surface area contributed by atoms with Crippen molar-refractivity contribution in [1.29, 1.82) is 0 Å². The molecule has 0 aromatic rings. The predicted octanol–water partition coefficient (Wildman–Crippen LogP) is 1.34. The van der Waals surface area contributed by atoms with Crippen molar-refractivity contribution in [3.05, 3.63) is 0 Å². The van der Waals surface area contributed by atoms with Crippen molar-refractivity contribution < 1.29 is 9.53 Å². The summed E-state index contributed by atoms with van der Waals surface area (Å²) in [6.45, 7) is 7.43. The predicted molar refractivity (Wildman–Crippen MR) is 73.9 cm³/mol. The highest BCUT2D eigenvalue weighted by molar-refractivity contribution is 5.85. The van der Waals surface area contributed by atoms with Crippen LogP contribution in [0.1, 0.15) is 33.6 Å². The van der Waals surface area contributed by atoms with Crippen LogP contribution in [0.3, 0.4) is 0 Å². The molecule has 1 heterocycles. The first-order valence-corrected chi connectivity index (χ1v) is 6.55. The fourth-order valence-electron chi connectivity index (χ4n) is 3.59. The lowest BCUT2D eigenvalue weighted by Crippen LogP contribution is -2.69. The number of hydrogen-bond donors (Lipinski definition) is 2. The molecule has 1 amide bonds. The van der Waals surface area contributed by atoms with Crippen LogP contribution in [-0.2, 0) is 9.53 Å². The summed E-state index contributed by atoms with van der Waals surface area (Å²) in [7, 11) is 1.75. The summed E-state index contributed by atoms with van der Waals surface area (Å²) in [5.74, 6) is 0.544. The first-order valence-electron chi connectivity index (χ1n) is 6.55.